The summed E-state index contributed by atoms with van der Waals surface area (Å²) in [6, 6.07) is -0.870. The molecule has 0 radical (unpaired) electrons. The summed E-state index contributed by atoms with van der Waals surface area (Å²) in [6.45, 7) is 0.324. The molecule has 70 valence electrons. The fourth-order valence-corrected chi connectivity index (χ4v) is 0.670. The Bertz CT molecular complexity index is 162. The van der Waals surface area contributed by atoms with Crippen molar-refractivity contribution in [2.75, 3.05) is 6.54 Å². The number of carboxylic acids is 1. The third kappa shape index (κ3) is 4.64. The summed E-state index contributed by atoms with van der Waals surface area (Å²) < 4.78 is 0. The number of amides is 1. The second-order valence-electron chi connectivity index (χ2n) is 2.43. The van der Waals surface area contributed by atoms with Crippen molar-refractivity contribution in [3.05, 3.63) is 0 Å². The summed E-state index contributed by atoms with van der Waals surface area (Å²) in [6.07, 6.45) is 1.28. The second kappa shape index (κ2) is 5.50. The Kier molecular flexibility index (Phi) is 4.98. The van der Waals surface area contributed by atoms with E-state index in [9.17, 15) is 9.59 Å². The van der Waals surface area contributed by atoms with Gasteiger partial charge in [-0.2, -0.15) is 0 Å². The summed E-state index contributed by atoms with van der Waals surface area (Å²) in [5.74, 6) is 4.07. The van der Waals surface area contributed by atoms with Gasteiger partial charge in [0.1, 0.15) is 6.04 Å². The maximum atomic E-state index is 10.2. The summed E-state index contributed by atoms with van der Waals surface area (Å²) in [7, 11) is 0. The van der Waals surface area contributed by atoms with Crippen molar-refractivity contribution in [3.8, 4) is 0 Å². The number of aliphatic carboxylic acids is 1. The van der Waals surface area contributed by atoms with Crippen LogP contribution in [0.5, 0.6) is 0 Å². The number of hydrogen-bond donors (Lipinski definition) is 3. The van der Waals surface area contributed by atoms with Gasteiger partial charge in [-0.15, -0.1) is 0 Å². The summed E-state index contributed by atoms with van der Waals surface area (Å²) >= 11 is 0. The van der Waals surface area contributed by atoms with Gasteiger partial charge in [0.25, 0.3) is 0 Å². The van der Waals surface area contributed by atoms with Crippen LogP contribution in [0.15, 0.2) is 0 Å². The first-order chi connectivity index (χ1) is 5.57. The van der Waals surface area contributed by atoms with E-state index in [2.05, 4.69) is 0 Å². The minimum Gasteiger partial charge on any atom is -0.480 e. The van der Waals surface area contributed by atoms with Crippen LogP contribution in [0.3, 0.4) is 0 Å². The van der Waals surface area contributed by atoms with Crippen LogP contribution in [0.1, 0.15) is 12.8 Å². The minimum absolute atomic E-state index is 0.316. The molecule has 0 aromatic rings. The van der Waals surface area contributed by atoms with Crippen molar-refractivity contribution in [2.24, 2.45) is 11.6 Å². The first-order valence-electron chi connectivity index (χ1n) is 3.53. The lowest BCUT2D eigenvalue weighted by Crippen LogP contribution is -2.34. The molecular formula is C6H13N3O3. The van der Waals surface area contributed by atoms with Crippen molar-refractivity contribution in [1.82, 2.24) is 5.01 Å². The van der Waals surface area contributed by atoms with Gasteiger partial charge in [0, 0.05) is 6.54 Å². The fraction of sp³-hybridized carbons (Fsp3) is 0.667. The van der Waals surface area contributed by atoms with Gasteiger partial charge in [0.05, 0.1) is 0 Å². The van der Waals surface area contributed by atoms with Crippen molar-refractivity contribution in [2.45, 2.75) is 18.9 Å². The van der Waals surface area contributed by atoms with E-state index >= 15 is 0 Å². The number of carbonyl (C=O) groups excluding carboxylic acids is 1. The normalized spacial score (nSPS) is 12.2. The van der Waals surface area contributed by atoms with E-state index in [0.717, 1.165) is 5.01 Å². The van der Waals surface area contributed by atoms with Crippen LogP contribution in [0.2, 0.25) is 0 Å². The smallest absolute Gasteiger partial charge is 0.320 e. The van der Waals surface area contributed by atoms with Crippen LogP contribution in [0.4, 0.5) is 0 Å². The van der Waals surface area contributed by atoms with E-state index in [1.54, 1.807) is 0 Å². The van der Waals surface area contributed by atoms with E-state index in [4.69, 9.17) is 16.7 Å². The highest BCUT2D eigenvalue weighted by atomic mass is 16.4. The molecule has 0 aliphatic carbocycles. The molecule has 0 saturated heterocycles. The van der Waals surface area contributed by atoms with Crippen LogP contribution < -0.4 is 11.6 Å². The van der Waals surface area contributed by atoms with Gasteiger partial charge in [-0.3, -0.25) is 14.6 Å². The van der Waals surface area contributed by atoms with Gasteiger partial charge in [-0.05, 0) is 12.8 Å². The maximum absolute atomic E-state index is 10.2. The van der Waals surface area contributed by atoms with Gasteiger partial charge in [-0.25, -0.2) is 5.84 Å². The van der Waals surface area contributed by atoms with Crippen LogP contribution in [-0.4, -0.2) is 35.1 Å². The van der Waals surface area contributed by atoms with Gasteiger partial charge in [0.2, 0.25) is 6.41 Å². The molecule has 0 bridgehead atoms. The fourth-order valence-electron chi connectivity index (χ4n) is 0.670. The molecular weight excluding hydrogens is 162 g/mol. The Labute approximate surface area is 70.1 Å². The number of rotatable bonds is 6. The summed E-state index contributed by atoms with van der Waals surface area (Å²) in [5.41, 5.74) is 5.20. The van der Waals surface area contributed by atoms with E-state index < -0.39 is 12.0 Å². The quantitative estimate of drug-likeness (QED) is 0.197. The molecule has 0 saturated carbocycles. The largest absolute Gasteiger partial charge is 0.480 e. The van der Waals surface area contributed by atoms with Gasteiger partial charge in [0.15, 0.2) is 0 Å². The SMILES string of the molecule is N[C@@H](CCCN(N)C=O)C(=O)O. The first-order valence-corrected chi connectivity index (χ1v) is 3.53. The van der Waals surface area contributed by atoms with Crippen LogP contribution in [0.25, 0.3) is 0 Å². The van der Waals surface area contributed by atoms with E-state index in [0.29, 0.717) is 25.8 Å². The van der Waals surface area contributed by atoms with Crippen LogP contribution in [-0.2, 0) is 9.59 Å². The average Bonchev–Trinajstić information content (AvgIpc) is 2.03. The molecule has 0 fully saturated rings. The molecule has 0 aliphatic rings. The zero-order chi connectivity index (χ0) is 9.56. The number of nitrogens with two attached hydrogens (primary N) is 2. The number of hydrazine groups is 1. The monoisotopic (exact) mass is 175 g/mol. The molecule has 0 aliphatic heterocycles. The lowest BCUT2D eigenvalue weighted by molar-refractivity contribution is -0.138. The molecule has 0 aromatic heterocycles. The highest BCUT2D eigenvalue weighted by molar-refractivity contribution is 5.72. The molecule has 6 nitrogen and oxygen atoms in total. The average molecular weight is 175 g/mol. The molecule has 1 atom stereocenters. The Hall–Kier alpha value is -1.14. The molecule has 0 spiro atoms. The molecule has 0 rings (SSSR count). The predicted octanol–water partition coefficient (Wildman–Crippen LogP) is -1.49. The molecule has 1 amide bonds. The first kappa shape index (κ1) is 10.9. The zero-order valence-corrected chi connectivity index (χ0v) is 6.64. The van der Waals surface area contributed by atoms with E-state index in [1.165, 1.54) is 0 Å². The Morgan fingerprint density at radius 2 is 2.25 bits per heavy atom. The topological polar surface area (TPSA) is 110 Å². The maximum Gasteiger partial charge on any atom is 0.320 e. The van der Waals surface area contributed by atoms with Gasteiger partial charge in [-0.1, -0.05) is 0 Å². The van der Waals surface area contributed by atoms with E-state index in [-0.39, 0.29) is 0 Å². The summed E-state index contributed by atoms with van der Waals surface area (Å²) in [5, 5.41) is 9.32. The molecule has 6 heteroatoms. The van der Waals surface area contributed by atoms with Crippen LogP contribution in [0, 0.1) is 0 Å². The molecule has 0 aromatic carbocycles. The van der Waals surface area contributed by atoms with Crippen molar-refractivity contribution in [3.63, 3.8) is 0 Å². The third-order valence-electron chi connectivity index (χ3n) is 1.38. The standard InChI is InChI=1S/C6H13N3O3/c7-5(6(11)12)2-1-3-9(8)4-10/h4-5H,1-3,7-8H2,(H,11,12)/t5-/m0/s1. The van der Waals surface area contributed by atoms with Crippen molar-refractivity contribution < 1.29 is 14.7 Å². The summed E-state index contributed by atoms with van der Waals surface area (Å²) in [4.78, 5) is 20.2. The Balaban J connectivity index is 3.43. The molecule has 12 heavy (non-hydrogen) atoms. The van der Waals surface area contributed by atoms with Crippen LogP contribution >= 0.6 is 0 Å². The lowest BCUT2D eigenvalue weighted by Gasteiger charge is -2.10. The second-order valence-corrected chi connectivity index (χ2v) is 2.43. The molecule has 0 unspecified atom stereocenters. The highest BCUT2D eigenvalue weighted by Gasteiger charge is 2.10. The Morgan fingerprint density at radius 3 is 2.67 bits per heavy atom. The van der Waals surface area contributed by atoms with E-state index in [1.807, 2.05) is 0 Å². The molecule has 0 heterocycles. The third-order valence-corrected chi connectivity index (χ3v) is 1.38. The lowest BCUT2D eigenvalue weighted by atomic mass is 10.2. The van der Waals surface area contributed by atoms with Crippen molar-refractivity contribution >= 4 is 12.4 Å². The number of carbonyl (C=O) groups is 2. The van der Waals surface area contributed by atoms with Crippen molar-refractivity contribution in [1.29, 1.82) is 0 Å². The predicted molar refractivity (Wildman–Crippen MR) is 41.8 cm³/mol. The zero-order valence-electron chi connectivity index (χ0n) is 6.64. The minimum atomic E-state index is -1.04. The number of carboxylic acid groups (broad SMARTS) is 1. The van der Waals surface area contributed by atoms with Gasteiger partial charge < -0.3 is 10.8 Å². The van der Waals surface area contributed by atoms with Gasteiger partial charge >= 0.3 is 5.97 Å². The number of hydrogen-bond acceptors (Lipinski definition) is 4. The molecule has 5 N–H and O–H groups in total. The Morgan fingerprint density at radius 1 is 1.67 bits per heavy atom. The number of nitrogens with zero attached hydrogens (tertiary/aromatic N) is 1. The highest BCUT2D eigenvalue weighted by Crippen LogP contribution is 1.94.